The lowest BCUT2D eigenvalue weighted by Gasteiger charge is -2.05. The Morgan fingerprint density at radius 1 is 1.37 bits per heavy atom. The maximum Gasteiger partial charge on any atom is 0.252 e. The van der Waals surface area contributed by atoms with E-state index in [0.717, 1.165) is 4.88 Å². The van der Waals surface area contributed by atoms with E-state index in [1.165, 1.54) is 28.6 Å². The average Bonchev–Trinajstić information content (AvgIpc) is 2.66. The molecule has 0 saturated carbocycles. The summed E-state index contributed by atoms with van der Waals surface area (Å²) < 4.78 is 13.4. The van der Waals surface area contributed by atoms with Crippen molar-refractivity contribution in [3.05, 3.63) is 55.4 Å². The van der Waals surface area contributed by atoms with Gasteiger partial charge in [-0.15, -0.1) is 11.3 Å². The van der Waals surface area contributed by atoms with Crippen molar-refractivity contribution in [2.24, 2.45) is 0 Å². The van der Waals surface area contributed by atoms with E-state index in [9.17, 15) is 9.18 Å². The van der Waals surface area contributed by atoms with E-state index in [0.29, 0.717) is 16.6 Å². The van der Waals surface area contributed by atoms with Gasteiger partial charge in [-0.05, 0) is 59.6 Å². The first-order valence-electron chi connectivity index (χ1n) is 5.76. The number of nitrogens with one attached hydrogen (secondary N) is 1. The highest BCUT2D eigenvalue weighted by atomic mass is 79.9. The standard InChI is InChI=1S/C14H13BrFNOS/c1-8-5-11(19-9(8)2)7-17-14(18)12-4-3-10(16)6-13(12)15/h3-6H,7H2,1-2H3,(H,17,18). The van der Waals surface area contributed by atoms with E-state index in [2.05, 4.69) is 34.2 Å². The average molecular weight is 342 g/mol. The number of benzene rings is 1. The molecule has 2 rings (SSSR count). The van der Waals surface area contributed by atoms with Gasteiger partial charge in [0.25, 0.3) is 5.91 Å². The third kappa shape index (κ3) is 3.42. The van der Waals surface area contributed by atoms with Crippen LogP contribution >= 0.6 is 27.3 Å². The molecule has 1 amide bonds. The molecule has 0 unspecified atom stereocenters. The van der Waals surface area contributed by atoms with Crippen molar-refractivity contribution in [1.82, 2.24) is 5.32 Å². The van der Waals surface area contributed by atoms with Crippen LogP contribution in [0.5, 0.6) is 0 Å². The van der Waals surface area contributed by atoms with Gasteiger partial charge in [0, 0.05) is 14.2 Å². The van der Waals surface area contributed by atoms with Crippen LogP contribution in [0.15, 0.2) is 28.7 Å². The van der Waals surface area contributed by atoms with Crippen molar-refractivity contribution in [2.45, 2.75) is 20.4 Å². The molecule has 0 atom stereocenters. The van der Waals surface area contributed by atoms with Gasteiger partial charge in [0.05, 0.1) is 12.1 Å². The predicted octanol–water partition coefficient (Wildman–Crippen LogP) is 4.20. The van der Waals surface area contributed by atoms with E-state index in [4.69, 9.17) is 0 Å². The lowest BCUT2D eigenvalue weighted by atomic mass is 10.2. The first-order chi connectivity index (χ1) is 8.97. The van der Waals surface area contributed by atoms with Crippen molar-refractivity contribution in [1.29, 1.82) is 0 Å². The predicted molar refractivity (Wildman–Crippen MR) is 79.1 cm³/mol. The van der Waals surface area contributed by atoms with Crippen molar-refractivity contribution >= 4 is 33.2 Å². The number of halogens is 2. The van der Waals surface area contributed by atoms with Crippen LogP contribution in [0.25, 0.3) is 0 Å². The Balaban J connectivity index is 2.05. The Hall–Kier alpha value is -1.20. The van der Waals surface area contributed by atoms with E-state index in [1.54, 1.807) is 11.3 Å². The van der Waals surface area contributed by atoms with Crippen LogP contribution < -0.4 is 5.32 Å². The number of thiophene rings is 1. The summed E-state index contributed by atoms with van der Waals surface area (Å²) in [4.78, 5) is 14.4. The second-order valence-electron chi connectivity index (χ2n) is 4.26. The van der Waals surface area contributed by atoms with Crippen LogP contribution in [0.3, 0.4) is 0 Å². The van der Waals surface area contributed by atoms with Gasteiger partial charge >= 0.3 is 0 Å². The van der Waals surface area contributed by atoms with Gasteiger partial charge in [0.15, 0.2) is 0 Å². The molecule has 1 aromatic carbocycles. The second-order valence-corrected chi connectivity index (χ2v) is 6.45. The summed E-state index contributed by atoms with van der Waals surface area (Å²) in [7, 11) is 0. The Labute approximate surface area is 123 Å². The van der Waals surface area contributed by atoms with Gasteiger partial charge in [0.2, 0.25) is 0 Å². The van der Waals surface area contributed by atoms with E-state index < -0.39 is 0 Å². The number of amides is 1. The SMILES string of the molecule is Cc1cc(CNC(=O)c2ccc(F)cc2Br)sc1C. The second kappa shape index (κ2) is 5.84. The van der Waals surface area contributed by atoms with Crippen LogP contribution in [0.4, 0.5) is 4.39 Å². The smallest absolute Gasteiger partial charge is 0.252 e. The fourth-order valence-electron chi connectivity index (χ4n) is 1.67. The molecule has 0 aliphatic heterocycles. The molecule has 2 aromatic rings. The van der Waals surface area contributed by atoms with Crippen LogP contribution in [-0.2, 0) is 6.54 Å². The van der Waals surface area contributed by atoms with Crippen LogP contribution in [-0.4, -0.2) is 5.91 Å². The Morgan fingerprint density at radius 3 is 2.68 bits per heavy atom. The van der Waals surface area contributed by atoms with E-state index in [-0.39, 0.29) is 11.7 Å². The maximum absolute atomic E-state index is 12.9. The number of aryl methyl sites for hydroxylation is 2. The molecule has 0 saturated heterocycles. The summed E-state index contributed by atoms with van der Waals surface area (Å²) in [6.45, 7) is 4.59. The molecule has 0 bridgehead atoms. The van der Waals surface area contributed by atoms with Gasteiger partial charge < -0.3 is 5.32 Å². The molecular formula is C14H13BrFNOS. The summed E-state index contributed by atoms with van der Waals surface area (Å²) in [5.74, 6) is -0.580. The molecule has 0 aliphatic carbocycles. The topological polar surface area (TPSA) is 29.1 Å². The first-order valence-corrected chi connectivity index (χ1v) is 7.37. The number of carbonyl (C=O) groups excluding carboxylic acids is 1. The van der Waals surface area contributed by atoms with Crippen LogP contribution in [0, 0.1) is 19.7 Å². The van der Waals surface area contributed by atoms with Crippen LogP contribution in [0.2, 0.25) is 0 Å². The van der Waals surface area contributed by atoms with Crippen molar-refractivity contribution in [3.63, 3.8) is 0 Å². The highest BCUT2D eigenvalue weighted by Gasteiger charge is 2.11. The van der Waals surface area contributed by atoms with E-state index in [1.807, 2.05) is 6.92 Å². The van der Waals surface area contributed by atoms with Gasteiger partial charge in [-0.2, -0.15) is 0 Å². The van der Waals surface area contributed by atoms with Crippen molar-refractivity contribution in [3.8, 4) is 0 Å². The molecule has 1 heterocycles. The van der Waals surface area contributed by atoms with Crippen molar-refractivity contribution < 1.29 is 9.18 Å². The van der Waals surface area contributed by atoms with Gasteiger partial charge in [-0.25, -0.2) is 4.39 Å². The molecule has 1 aromatic heterocycles. The zero-order chi connectivity index (χ0) is 14.0. The molecule has 0 spiro atoms. The number of hydrogen-bond acceptors (Lipinski definition) is 2. The molecule has 1 N–H and O–H groups in total. The van der Waals surface area contributed by atoms with Crippen molar-refractivity contribution in [2.75, 3.05) is 0 Å². The van der Waals surface area contributed by atoms with Gasteiger partial charge in [-0.3, -0.25) is 4.79 Å². The third-order valence-corrected chi connectivity index (χ3v) is 4.62. The molecule has 0 aliphatic rings. The summed E-state index contributed by atoms with van der Waals surface area (Å²) >= 11 is 4.86. The van der Waals surface area contributed by atoms with Gasteiger partial charge in [0.1, 0.15) is 5.82 Å². The zero-order valence-corrected chi connectivity index (χ0v) is 13.0. The molecule has 5 heteroatoms. The fourth-order valence-corrected chi connectivity index (χ4v) is 3.20. The van der Waals surface area contributed by atoms with Crippen LogP contribution in [0.1, 0.15) is 25.7 Å². The lowest BCUT2D eigenvalue weighted by molar-refractivity contribution is 0.0950. The third-order valence-electron chi connectivity index (χ3n) is 2.82. The minimum absolute atomic E-state index is 0.212. The highest BCUT2D eigenvalue weighted by molar-refractivity contribution is 9.10. The minimum atomic E-state index is -0.368. The summed E-state index contributed by atoms with van der Waals surface area (Å²) in [6, 6.07) is 6.10. The monoisotopic (exact) mass is 341 g/mol. The largest absolute Gasteiger partial charge is 0.347 e. The molecule has 19 heavy (non-hydrogen) atoms. The van der Waals surface area contributed by atoms with E-state index >= 15 is 0 Å². The summed E-state index contributed by atoms with van der Waals surface area (Å²) in [6.07, 6.45) is 0. The molecule has 2 nitrogen and oxygen atoms in total. The zero-order valence-electron chi connectivity index (χ0n) is 10.6. The highest BCUT2D eigenvalue weighted by Crippen LogP contribution is 2.21. The molecule has 100 valence electrons. The Kier molecular flexibility index (Phi) is 4.37. The molecule has 0 radical (unpaired) electrons. The Bertz CT molecular complexity index is 604. The van der Waals surface area contributed by atoms with Gasteiger partial charge in [-0.1, -0.05) is 0 Å². The molecular weight excluding hydrogens is 329 g/mol. The summed E-state index contributed by atoms with van der Waals surface area (Å²) in [5, 5.41) is 2.84. The number of hydrogen-bond donors (Lipinski definition) is 1. The number of carbonyl (C=O) groups is 1. The minimum Gasteiger partial charge on any atom is -0.347 e. The quantitative estimate of drug-likeness (QED) is 0.890. The number of rotatable bonds is 3. The normalized spacial score (nSPS) is 10.5. The lowest BCUT2D eigenvalue weighted by Crippen LogP contribution is -2.22. The first kappa shape index (κ1) is 14.2. The summed E-state index contributed by atoms with van der Waals surface area (Å²) in [5.41, 5.74) is 1.67. The fraction of sp³-hybridized carbons (Fsp3) is 0.214. The Morgan fingerprint density at radius 2 is 2.11 bits per heavy atom. The molecule has 0 fully saturated rings. The maximum atomic E-state index is 12.9.